The fourth-order valence-corrected chi connectivity index (χ4v) is 5.51. The highest BCUT2D eigenvalue weighted by Gasteiger charge is 2.46. The summed E-state index contributed by atoms with van der Waals surface area (Å²) in [6.07, 6.45) is 12.9. The highest BCUT2D eigenvalue weighted by Crippen LogP contribution is 2.44. The Morgan fingerprint density at radius 2 is 1.46 bits per heavy atom. The molecule has 3 N–H and O–H groups in total. The molecule has 238 valence electrons. The van der Waals surface area contributed by atoms with Crippen LogP contribution in [0.5, 0.6) is 0 Å². The Labute approximate surface area is 242 Å². The third-order valence-corrected chi connectivity index (χ3v) is 8.13. The molecule has 11 nitrogen and oxygen atoms in total. The van der Waals surface area contributed by atoms with E-state index in [1.807, 2.05) is 4.98 Å². The van der Waals surface area contributed by atoms with Crippen LogP contribution in [0.25, 0.3) is 0 Å². The van der Waals surface area contributed by atoms with Crippen LogP contribution >= 0.6 is 7.82 Å². The topological polar surface area (TPSA) is 149 Å². The highest BCUT2D eigenvalue weighted by molar-refractivity contribution is 7.47. The van der Waals surface area contributed by atoms with Gasteiger partial charge in [-0.05, 0) is 12.8 Å². The van der Waals surface area contributed by atoms with Gasteiger partial charge < -0.3 is 19.5 Å². The number of aliphatic hydroxyl groups is 1. The second-order valence-corrected chi connectivity index (χ2v) is 12.1. The van der Waals surface area contributed by atoms with Gasteiger partial charge >= 0.3 is 13.5 Å². The van der Waals surface area contributed by atoms with E-state index >= 15 is 0 Å². The number of alkyl halides is 1. The minimum Gasteiger partial charge on any atom is -0.387 e. The Kier molecular flexibility index (Phi) is 17.9. The van der Waals surface area contributed by atoms with E-state index in [2.05, 4.69) is 6.92 Å². The summed E-state index contributed by atoms with van der Waals surface area (Å²) < 4.78 is 48.0. The molecule has 0 spiro atoms. The highest BCUT2D eigenvalue weighted by atomic mass is 31.2. The monoisotopic (exact) mass is 608 g/mol. The summed E-state index contributed by atoms with van der Waals surface area (Å²) in [4.78, 5) is 34.9. The van der Waals surface area contributed by atoms with Gasteiger partial charge in [-0.15, -0.1) is 0 Å². The molecule has 0 radical (unpaired) electrons. The van der Waals surface area contributed by atoms with Crippen LogP contribution in [0.15, 0.2) is 21.9 Å². The van der Waals surface area contributed by atoms with Crippen LogP contribution in [0, 0.1) is 0 Å². The van der Waals surface area contributed by atoms with Crippen LogP contribution < -0.4 is 11.2 Å². The zero-order chi connectivity index (χ0) is 29.9. The molecule has 1 fully saturated rings. The van der Waals surface area contributed by atoms with Crippen molar-refractivity contribution in [2.24, 2.45) is 0 Å². The van der Waals surface area contributed by atoms with Crippen LogP contribution in [0.3, 0.4) is 0 Å². The van der Waals surface area contributed by atoms with Gasteiger partial charge in [0.1, 0.15) is 12.2 Å². The van der Waals surface area contributed by atoms with Gasteiger partial charge in [0.05, 0.1) is 13.2 Å². The standard InChI is InChI=1S/C28H50FN2O9P/c1-2-3-4-5-6-7-8-9-10-11-12-13-14-15-19-37-20-16-21-38-41(35,36)39-22-23-26(33)25(29)27(40-23)31-18-17-24(32)30-28(31)34/h17-18,23,25-27,33H,2-16,19-22H2,1H3,(H,35,36)(H,30,32,34)/t23-,25-,26-,27-/m1/s1. The SMILES string of the molecule is CCCCCCCCCCCCCCCCOCCCOP(=O)(O)OC[C@H]1O[C@@H](n2ccc(=O)[nH]c2=O)[C@H](F)[C@@H]1O. The van der Waals surface area contributed by atoms with Gasteiger partial charge in [-0.2, -0.15) is 0 Å². The minimum absolute atomic E-state index is 0.0816. The summed E-state index contributed by atoms with van der Waals surface area (Å²) in [5.74, 6) is 0. The predicted octanol–water partition coefficient (Wildman–Crippen LogP) is 5.15. The summed E-state index contributed by atoms with van der Waals surface area (Å²) in [6.45, 7) is 2.54. The maximum atomic E-state index is 14.5. The van der Waals surface area contributed by atoms with Crippen LogP contribution in [0.1, 0.15) is 109 Å². The molecule has 2 rings (SSSR count). The average molecular weight is 609 g/mol. The molecule has 5 atom stereocenters. The molecule has 1 aliphatic heterocycles. The second-order valence-electron chi connectivity index (χ2n) is 10.7. The molecule has 13 heteroatoms. The molecule has 1 aliphatic rings. The van der Waals surface area contributed by atoms with Gasteiger partial charge in [-0.3, -0.25) is 23.4 Å². The Bertz CT molecular complexity index is 992. The third kappa shape index (κ3) is 14.6. The van der Waals surface area contributed by atoms with E-state index in [4.69, 9.17) is 18.5 Å². The molecule has 0 aliphatic carbocycles. The fraction of sp³-hybridized carbons (Fsp3) is 0.857. The number of H-pyrrole nitrogens is 1. The summed E-state index contributed by atoms with van der Waals surface area (Å²) in [7, 11) is -4.48. The zero-order valence-electron chi connectivity index (χ0n) is 24.4. The zero-order valence-corrected chi connectivity index (χ0v) is 25.3. The van der Waals surface area contributed by atoms with E-state index in [1.165, 1.54) is 77.0 Å². The van der Waals surface area contributed by atoms with Crippen LogP contribution in [-0.4, -0.2) is 64.4 Å². The van der Waals surface area contributed by atoms with Gasteiger partial charge in [0.15, 0.2) is 12.4 Å². The first-order valence-electron chi connectivity index (χ1n) is 15.2. The number of phosphoric acid groups is 1. The van der Waals surface area contributed by atoms with Crippen molar-refractivity contribution in [3.05, 3.63) is 33.1 Å². The van der Waals surface area contributed by atoms with Crippen molar-refractivity contribution in [3.8, 4) is 0 Å². The van der Waals surface area contributed by atoms with Gasteiger partial charge in [-0.1, -0.05) is 90.4 Å². The number of hydrogen-bond acceptors (Lipinski definition) is 8. The van der Waals surface area contributed by atoms with E-state index in [1.54, 1.807) is 0 Å². The summed E-state index contributed by atoms with van der Waals surface area (Å²) in [5, 5.41) is 10.1. The molecule has 1 saturated heterocycles. The number of aliphatic hydroxyl groups excluding tert-OH is 1. The van der Waals surface area contributed by atoms with Crippen LogP contribution in [0.2, 0.25) is 0 Å². The van der Waals surface area contributed by atoms with Crippen molar-refractivity contribution >= 4 is 7.82 Å². The number of aromatic amines is 1. The Balaban J connectivity index is 1.44. The minimum atomic E-state index is -4.48. The first kappa shape index (κ1) is 35.8. The first-order valence-corrected chi connectivity index (χ1v) is 16.7. The molecular formula is C28H50FN2O9P. The van der Waals surface area contributed by atoms with E-state index < -0.39 is 50.3 Å². The lowest BCUT2D eigenvalue weighted by molar-refractivity contribution is -0.0497. The third-order valence-electron chi connectivity index (χ3n) is 7.15. The molecule has 2 heterocycles. The Morgan fingerprint density at radius 3 is 2.05 bits per heavy atom. The molecular weight excluding hydrogens is 558 g/mol. The Hall–Kier alpha value is -1.40. The molecule has 0 saturated carbocycles. The maximum Gasteiger partial charge on any atom is 0.472 e. The molecule has 1 aromatic heterocycles. The van der Waals surface area contributed by atoms with Crippen molar-refractivity contribution in [1.29, 1.82) is 0 Å². The van der Waals surface area contributed by atoms with Crippen molar-refractivity contribution in [1.82, 2.24) is 9.55 Å². The van der Waals surface area contributed by atoms with Gasteiger partial charge in [0, 0.05) is 25.5 Å². The maximum absolute atomic E-state index is 14.5. The number of hydrogen-bond donors (Lipinski definition) is 3. The Morgan fingerprint density at radius 1 is 0.902 bits per heavy atom. The quantitative estimate of drug-likeness (QED) is 0.107. The van der Waals surface area contributed by atoms with E-state index in [0.717, 1.165) is 29.7 Å². The molecule has 1 unspecified atom stereocenters. The number of nitrogens with zero attached hydrogens (tertiary/aromatic N) is 1. The first-order chi connectivity index (χ1) is 19.7. The lowest BCUT2D eigenvalue weighted by Crippen LogP contribution is -2.35. The molecule has 0 aromatic carbocycles. The summed E-state index contributed by atoms with van der Waals surface area (Å²) in [5.41, 5.74) is -1.58. The largest absolute Gasteiger partial charge is 0.472 e. The van der Waals surface area contributed by atoms with Crippen molar-refractivity contribution in [3.63, 3.8) is 0 Å². The molecule has 0 bridgehead atoms. The number of ether oxygens (including phenoxy) is 2. The van der Waals surface area contributed by atoms with Gasteiger partial charge in [0.25, 0.3) is 5.56 Å². The molecule has 0 amide bonds. The van der Waals surface area contributed by atoms with Crippen molar-refractivity contribution in [2.75, 3.05) is 26.4 Å². The normalized spacial score (nSPS) is 22.2. The number of nitrogens with one attached hydrogen (secondary N) is 1. The predicted molar refractivity (Wildman–Crippen MR) is 154 cm³/mol. The van der Waals surface area contributed by atoms with E-state index in [0.29, 0.717) is 19.6 Å². The van der Waals surface area contributed by atoms with E-state index in [-0.39, 0.29) is 6.61 Å². The van der Waals surface area contributed by atoms with E-state index in [9.17, 15) is 28.5 Å². The summed E-state index contributed by atoms with van der Waals surface area (Å²) >= 11 is 0. The number of aromatic nitrogens is 2. The number of halogens is 1. The average Bonchev–Trinajstić information content (AvgIpc) is 3.22. The van der Waals surface area contributed by atoms with Crippen LogP contribution in [0.4, 0.5) is 4.39 Å². The van der Waals surface area contributed by atoms with Crippen molar-refractivity contribution in [2.45, 2.75) is 128 Å². The molecule has 41 heavy (non-hydrogen) atoms. The number of unbranched alkanes of at least 4 members (excludes halogenated alkanes) is 13. The molecule has 1 aromatic rings. The number of phosphoric ester groups is 1. The lowest BCUT2D eigenvalue weighted by Gasteiger charge is -2.17. The summed E-state index contributed by atoms with van der Waals surface area (Å²) in [6, 6.07) is 1.01. The fourth-order valence-electron chi connectivity index (χ4n) is 4.74. The van der Waals surface area contributed by atoms with Gasteiger partial charge in [-0.25, -0.2) is 13.8 Å². The van der Waals surface area contributed by atoms with Gasteiger partial charge in [0.2, 0.25) is 0 Å². The number of rotatable bonds is 24. The van der Waals surface area contributed by atoms with Crippen LogP contribution in [-0.2, 0) is 23.1 Å². The second kappa shape index (κ2) is 20.5. The lowest BCUT2D eigenvalue weighted by atomic mass is 10.0. The smallest absolute Gasteiger partial charge is 0.387 e. The van der Waals surface area contributed by atoms with Crippen molar-refractivity contribution < 1.29 is 37.5 Å².